The average molecular weight is 329 g/mol. The van der Waals surface area contributed by atoms with Crippen LogP contribution < -0.4 is 5.32 Å². The highest BCUT2D eigenvalue weighted by Gasteiger charge is 2.18. The first-order valence-corrected chi connectivity index (χ1v) is 8.24. The van der Waals surface area contributed by atoms with E-state index in [1.165, 1.54) is 26.5 Å². The molecule has 0 aromatic carbocycles. The zero-order chi connectivity index (χ0) is 11.7. The van der Waals surface area contributed by atoms with Crippen molar-refractivity contribution in [3.63, 3.8) is 0 Å². The van der Waals surface area contributed by atoms with E-state index in [1.807, 2.05) is 11.3 Å². The standard InChI is InChI=1S/C12H13BrN2S2/c13-11-2-1-10(17-11)9-7-16-12(15-9)8-3-5-14-6-4-8/h1-2,7-8,14H,3-6H2. The molecule has 1 N–H and O–H groups in total. The molecular weight excluding hydrogens is 316 g/mol. The van der Waals surface area contributed by atoms with Crippen molar-refractivity contribution in [3.05, 3.63) is 26.3 Å². The lowest BCUT2D eigenvalue weighted by Crippen LogP contribution is -2.26. The second-order valence-electron chi connectivity index (χ2n) is 4.20. The van der Waals surface area contributed by atoms with Crippen molar-refractivity contribution in [2.75, 3.05) is 13.1 Å². The summed E-state index contributed by atoms with van der Waals surface area (Å²) in [6.45, 7) is 2.26. The minimum Gasteiger partial charge on any atom is -0.317 e. The minimum absolute atomic E-state index is 0.665. The van der Waals surface area contributed by atoms with Crippen molar-refractivity contribution < 1.29 is 0 Å². The summed E-state index contributed by atoms with van der Waals surface area (Å²) in [5.41, 5.74) is 1.14. The van der Waals surface area contributed by atoms with Crippen LogP contribution in [0.15, 0.2) is 21.3 Å². The molecule has 1 saturated heterocycles. The van der Waals surface area contributed by atoms with Crippen molar-refractivity contribution in [2.24, 2.45) is 0 Å². The van der Waals surface area contributed by atoms with Gasteiger partial charge in [-0.05, 0) is 54.0 Å². The van der Waals surface area contributed by atoms with Crippen LogP contribution in [0, 0.1) is 0 Å². The Bertz CT molecular complexity index is 500. The third-order valence-electron chi connectivity index (χ3n) is 3.04. The summed E-state index contributed by atoms with van der Waals surface area (Å²) in [5.74, 6) is 0.665. The molecule has 0 saturated carbocycles. The first-order valence-electron chi connectivity index (χ1n) is 5.75. The molecule has 0 unspecified atom stereocenters. The van der Waals surface area contributed by atoms with Gasteiger partial charge in [0, 0.05) is 11.3 Å². The number of aromatic nitrogens is 1. The summed E-state index contributed by atoms with van der Waals surface area (Å²) >= 11 is 7.06. The highest BCUT2D eigenvalue weighted by molar-refractivity contribution is 9.11. The van der Waals surface area contributed by atoms with Crippen LogP contribution in [0.25, 0.3) is 10.6 Å². The van der Waals surface area contributed by atoms with E-state index in [2.05, 4.69) is 38.8 Å². The molecule has 2 nitrogen and oxygen atoms in total. The Labute approximate surface area is 117 Å². The van der Waals surface area contributed by atoms with Gasteiger partial charge in [0.2, 0.25) is 0 Å². The second-order valence-corrected chi connectivity index (χ2v) is 7.55. The molecular formula is C12H13BrN2S2. The molecule has 1 aliphatic rings. The summed E-state index contributed by atoms with van der Waals surface area (Å²) in [5, 5.41) is 6.90. The van der Waals surface area contributed by atoms with E-state index in [1.54, 1.807) is 11.3 Å². The smallest absolute Gasteiger partial charge is 0.0964 e. The minimum atomic E-state index is 0.665. The molecule has 3 rings (SSSR count). The second kappa shape index (κ2) is 5.18. The van der Waals surface area contributed by atoms with Crippen molar-refractivity contribution in [3.8, 4) is 10.6 Å². The van der Waals surface area contributed by atoms with Crippen LogP contribution in [0.5, 0.6) is 0 Å². The molecule has 0 radical (unpaired) electrons. The SMILES string of the molecule is Brc1ccc(-c2csc(C3CCNCC3)n2)s1. The normalized spacial score (nSPS) is 17.5. The van der Waals surface area contributed by atoms with Gasteiger partial charge in [0.1, 0.15) is 0 Å². The van der Waals surface area contributed by atoms with Crippen LogP contribution >= 0.6 is 38.6 Å². The van der Waals surface area contributed by atoms with Gasteiger partial charge in [-0.2, -0.15) is 0 Å². The van der Waals surface area contributed by atoms with E-state index >= 15 is 0 Å². The number of hydrogen-bond donors (Lipinski definition) is 1. The Balaban J connectivity index is 1.82. The molecule has 0 spiro atoms. The lowest BCUT2D eigenvalue weighted by Gasteiger charge is -2.20. The first kappa shape index (κ1) is 11.8. The molecule has 90 valence electrons. The van der Waals surface area contributed by atoms with Gasteiger partial charge in [-0.3, -0.25) is 0 Å². The molecule has 1 fully saturated rings. The van der Waals surface area contributed by atoms with Crippen LogP contribution in [0.2, 0.25) is 0 Å². The lowest BCUT2D eigenvalue weighted by molar-refractivity contribution is 0.459. The number of thiophene rings is 1. The van der Waals surface area contributed by atoms with Crippen molar-refractivity contribution in [1.29, 1.82) is 0 Å². The molecule has 0 atom stereocenters. The van der Waals surface area contributed by atoms with Crippen LogP contribution in [-0.4, -0.2) is 18.1 Å². The zero-order valence-corrected chi connectivity index (χ0v) is 12.5. The number of rotatable bonds is 2. The van der Waals surface area contributed by atoms with Crippen LogP contribution in [0.4, 0.5) is 0 Å². The average Bonchev–Trinajstić information content (AvgIpc) is 2.98. The van der Waals surface area contributed by atoms with E-state index in [9.17, 15) is 0 Å². The molecule has 17 heavy (non-hydrogen) atoms. The monoisotopic (exact) mass is 328 g/mol. The van der Waals surface area contributed by atoms with Gasteiger partial charge in [0.15, 0.2) is 0 Å². The highest BCUT2D eigenvalue weighted by Crippen LogP contribution is 2.35. The maximum absolute atomic E-state index is 4.80. The number of hydrogen-bond acceptors (Lipinski definition) is 4. The molecule has 0 amide bonds. The van der Waals surface area contributed by atoms with Crippen molar-refractivity contribution in [1.82, 2.24) is 10.3 Å². The van der Waals surface area contributed by atoms with E-state index in [-0.39, 0.29) is 0 Å². The summed E-state index contributed by atoms with van der Waals surface area (Å²) in [4.78, 5) is 6.06. The predicted octanol–water partition coefficient (Wildman–Crippen LogP) is 4.10. The highest BCUT2D eigenvalue weighted by atomic mass is 79.9. The van der Waals surface area contributed by atoms with Crippen molar-refractivity contribution in [2.45, 2.75) is 18.8 Å². The fourth-order valence-corrected chi connectivity index (χ4v) is 4.52. The lowest BCUT2D eigenvalue weighted by atomic mass is 9.99. The predicted molar refractivity (Wildman–Crippen MR) is 78.0 cm³/mol. The molecule has 5 heteroatoms. The van der Waals surface area contributed by atoms with Gasteiger partial charge in [-0.1, -0.05) is 0 Å². The van der Waals surface area contributed by atoms with Gasteiger partial charge in [-0.25, -0.2) is 4.98 Å². The maximum atomic E-state index is 4.80. The van der Waals surface area contributed by atoms with Crippen molar-refractivity contribution >= 4 is 38.6 Å². The summed E-state index contributed by atoms with van der Waals surface area (Å²) < 4.78 is 1.17. The van der Waals surface area contributed by atoms with E-state index in [4.69, 9.17) is 4.98 Å². The number of nitrogens with one attached hydrogen (secondary N) is 1. The molecule has 0 aliphatic carbocycles. The zero-order valence-electron chi connectivity index (χ0n) is 9.28. The Morgan fingerprint density at radius 1 is 1.29 bits per heavy atom. The van der Waals surface area contributed by atoms with Gasteiger partial charge in [0.05, 0.1) is 19.4 Å². The van der Waals surface area contributed by atoms with Gasteiger partial charge < -0.3 is 5.32 Å². The summed E-state index contributed by atoms with van der Waals surface area (Å²) in [6, 6.07) is 4.22. The maximum Gasteiger partial charge on any atom is 0.0964 e. The van der Waals surface area contributed by atoms with Gasteiger partial charge in [0.25, 0.3) is 0 Å². The Hall–Kier alpha value is -0.230. The third kappa shape index (κ3) is 2.62. The molecule has 0 bridgehead atoms. The number of nitrogens with zero attached hydrogens (tertiary/aromatic N) is 1. The quantitative estimate of drug-likeness (QED) is 0.897. The fourth-order valence-electron chi connectivity index (χ4n) is 2.11. The largest absolute Gasteiger partial charge is 0.317 e. The summed E-state index contributed by atoms with van der Waals surface area (Å²) in [7, 11) is 0. The Morgan fingerprint density at radius 3 is 2.82 bits per heavy atom. The Morgan fingerprint density at radius 2 is 2.12 bits per heavy atom. The van der Waals surface area contributed by atoms with E-state index < -0.39 is 0 Å². The Kier molecular flexibility index (Phi) is 3.61. The first-order chi connectivity index (χ1) is 8.33. The summed E-state index contributed by atoms with van der Waals surface area (Å²) in [6.07, 6.45) is 2.45. The molecule has 2 aromatic heterocycles. The molecule has 3 heterocycles. The van der Waals surface area contributed by atoms with E-state index in [0.29, 0.717) is 5.92 Å². The molecule has 2 aromatic rings. The van der Waals surface area contributed by atoms with Crippen LogP contribution in [-0.2, 0) is 0 Å². The van der Waals surface area contributed by atoms with Crippen LogP contribution in [0.1, 0.15) is 23.8 Å². The molecule has 1 aliphatic heterocycles. The number of thiazole rings is 1. The number of piperidine rings is 1. The van der Waals surface area contributed by atoms with Gasteiger partial charge in [-0.15, -0.1) is 22.7 Å². The van der Waals surface area contributed by atoms with Gasteiger partial charge >= 0.3 is 0 Å². The number of halogens is 1. The van der Waals surface area contributed by atoms with Crippen LogP contribution in [0.3, 0.4) is 0 Å². The third-order valence-corrected chi connectivity index (χ3v) is 5.69. The van der Waals surface area contributed by atoms with E-state index in [0.717, 1.165) is 18.8 Å². The fraction of sp³-hybridized carbons (Fsp3) is 0.417. The topological polar surface area (TPSA) is 24.9 Å².